The first kappa shape index (κ1) is 9.21. The van der Waals surface area contributed by atoms with Gasteiger partial charge in [-0.15, -0.1) is 0 Å². The summed E-state index contributed by atoms with van der Waals surface area (Å²) in [6.45, 7) is 0.892. The van der Waals surface area contributed by atoms with E-state index >= 15 is 0 Å². The van der Waals surface area contributed by atoms with Gasteiger partial charge >= 0.3 is 0 Å². The zero-order valence-electron chi connectivity index (χ0n) is 8.85. The van der Waals surface area contributed by atoms with Crippen LogP contribution in [0.5, 0.6) is 0 Å². The number of nitrogens with one attached hydrogen (secondary N) is 2. The van der Waals surface area contributed by atoms with Crippen molar-refractivity contribution in [3.63, 3.8) is 0 Å². The molecule has 0 saturated carbocycles. The van der Waals surface area contributed by atoms with Gasteiger partial charge in [0.1, 0.15) is 5.82 Å². The number of hydrogen-bond donors (Lipinski definition) is 2. The molecule has 3 nitrogen and oxygen atoms in total. The minimum atomic E-state index is 0.295. The second-order valence-corrected chi connectivity index (χ2v) is 3.89. The second-order valence-electron chi connectivity index (χ2n) is 3.89. The van der Waals surface area contributed by atoms with Gasteiger partial charge in [-0.3, -0.25) is 0 Å². The third kappa shape index (κ3) is 1.60. The van der Waals surface area contributed by atoms with Crippen molar-refractivity contribution in [2.75, 3.05) is 17.2 Å². The third-order valence-corrected chi connectivity index (χ3v) is 2.82. The summed E-state index contributed by atoms with van der Waals surface area (Å²) >= 11 is 0. The van der Waals surface area contributed by atoms with E-state index in [1.165, 1.54) is 5.56 Å². The third-order valence-electron chi connectivity index (χ3n) is 2.82. The van der Waals surface area contributed by atoms with Crippen LogP contribution in [-0.2, 0) is 0 Å². The highest BCUT2D eigenvalue weighted by Crippen LogP contribution is 2.28. The Morgan fingerprint density at radius 3 is 2.81 bits per heavy atom. The van der Waals surface area contributed by atoms with Crippen LogP contribution in [0.4, 0.5) is 11.5 Å². The van der Waals surface area contributed by atoms with E-state index in [4.69, 9.17) is 0 Å². The molecule has 2 N–H and O–H groups in total. The molecule has 80 valence electrons. The van der Waals surface area contributed by atoms with Gasteiger partial charge in [0.2, 0.25) is 0 Å². The van der Waals surface area contributed by atoms with Crippen LogP contribution in [-0.4, -0.2) is 11.5 Å². The molecule has 0 aliphatic carbocycles. The van der Waals surface area contributed by atoms with Crippen LogP contribution in [0.2, 0.25) is 0 Å². The molecule has 16 heavy (non-hydrogen) atoms. The molecule has 3 heteroatoms. The molecule has 0 fully saturated rings. The fraction of sp³-hybridized carbons (Fsp3) is 0.154. The van der Waals surface area contributed by atoms with Crippen LogP contribution >= 0.6 is 0 Å². The number of rotatable bonds is 1. The molecule has 3 rings (SSSR count). The molecular weight excluding hydrogens is 198 g/mol. The highest BCUT2D eigenvalue weighted by Gasteiger charge is 2.18. The van der Waals surface area contributed by atoms with E-state index in [0.717, 1.165) is 18.1 Å². The van der Waals surface area contributed by atoms with Gasteiger partial charge < -0.3 is 10.6 Å². The lowest BCUT2D eigenvalue weighted by molar-refractivity contribution is 0.794. The Morgan fingerprint density at radius 2 is 1.94 bits per heavy atom. The molecule has 1 aliphatic heterocycles. The van der Waals surface area contributed by atoms with Crippen molar-refractivity contribution in [2.24, 2.45) is 0 Å². The molecule has 0 spiro atoms. The number of benzene rings is 1. The lowest BCUT2D eigenvalue weighted by atomic mass is 10.1. The molecule has 0 bridgehead atoms. The molecule has 2 heterocycles. The van der Waals surface area contributed by atoms with Gasteiger partial charge in [0.25, 0.3) is 0 Å². The molecule has 0 amide bonds. The summed E-state index contributed by atoms with van der Waals surface area (Å²) < 4.78 is 0. The van der Waals surface area contributed by atoms with E-state index in [-0.39, 0.29) is 0 Å². The van der Waals surface area contributed by atoms with Gasteiger partial charge in [-0.1, -0.05) is 30.3 Å². The van der Waals surface area contributed by atoms with Gasteiger partial charge in [-0.25, -0.2) is 4.98 Å². The molecule has 1 unspecified atom stereocenters. The monoisotopic (exact) mass is 211 g/mol. The highest BCUT2D eigenvalue weighted by molar-refractivity contribution is 5.67. The van der Waals surface area contributed by atoms with Crippen molar-refractivity contribution < 1.29 is 0 Å². The van der Waals surface area contributed by atoms with Crippen molar-refractivity contribution in [1.29, 1.82) is 0 Å². The zero-order chi connectivity index (χ0) is 10.8. The number of fused-ring (bicyclic) bond motifs is 1. The van der Waals surface area contributed by atoms with E-state index < -0.39 is 0 Å². The number of nitrogens with zero attached hydrogens (tertiary/aromatic N) is 1. The number of anilines is 2. The summed E-state index contributed by atoms with van der Waals surface area (Å²) in [6.07, 6.45) is 1.81. The Morgan fingerprint density at radius 1 is 1.06 bits per heavy atom. The summed E-state index contributed by atoms with van der Waals surface area (Å²) in [6, 6.07) is 14.7. The maximum atomic E-state index is 4.32. The molecule has 1 aliphatic rings. The molecular formula is C13H13N3. The number of pyridine rings is 1. The molecule has 1 aromatic heterocycles. The quantitative estimate of drug-likeness (QED) is 0.761. The second kappa shape index (κ2) is 3.85. The first-order valence-corrected chi connectivity index (χ1v) is 5.44. The molecule has 2 aromatic rings. The van der Waals surface area contributed by atoms with Crippen molar-refractivity contribution in [3.8, 4) is 0 Å². The van der Waals surface area contributed by atoms with Crippen molar-refractivity contribution >= 4 is 11.5 Å². The van der Waals surface area contributed by atoms with Crippen LogP contribution in [0.15, 0.2) is 48.7 Å². The van der Waals surface area contributed by atoms with E-state index in [1.807, 2.05) is 18.2 Å². The average molecular weight is 211 g/mol. The van der Waals surface area contributed by atoms with E-state index in [0.29, 0.717) is 6.04 Å². The van der Waals surface area contributed by atoms with Crippen LogP contribution in [0.3, 0.4) is 0 Å². The van der Waals surface area contributed by atoms with Crippen LogP contribution in [0.25, 0.3) is 0 Å². The molecule has 1 atom stereocenters. The maximum absolute atomic E-state index is 4.32. The first-order valence-electron chi connectivity index (χ1n) is 5.44. The lowest BCUT2D eigenvalue weighted by Crippen LogP contribution is -2.26. The fourth-order valence-corrected chi connectivity index (χ4v) is 1.98. The predicted molar refractivity (Wildman–Crippen MR) is 65.5 cm³/mol. The summed E-state index contributed by atoms with van der Waals surface area (Å²) in [5.41, 5.74) is 2.36. The Bertz CT molecular complexity index is 482. The Kier molecular flexibility index (Phi) is 2.22. The molecule has 0 saturated heterocycles. The van der Waals surface area contributed by atoms with Gasteiger partial charge in [0, 0.05) is 12.7 Å². The maximum Gasteiger partial charge on any atom is 0.149 e. The SMILES string of the molecule is c1ccc(C2CNc3cccnc3N2)cc1. The minimum Gasteiger partial charge on any atom is -0.380 e. The summed E-state index contributed by atoms with van der Waals surface area (Å²) in [5.74, 6) is 0.933. The Hall–Kier alpha value is -2.03. The topological polar surface area (TPSA) is 37.0 Å². The Balaban J connectivity index is 1.89. The fourth-order valence-electron chi connectivity index (χ4n) is 1.98. The highest BCUT2D eigenvalue weighted by atomic mass is 15.1. The summed E-state index contributed by atoms with van der Waals surface area (Å²) in [4.78, 5) is 4.32. The van der Waals surface area contributed by atoms with Gasteiger partial charge in [0.05, 0.1) is 11.7 Å². The predicted octanol–water partition coefficient (Wildman–Crippen LogP) is 2.66. The van der Waals surface area contributed by atoms with Gasteiger partial charge in [0.15, 0.2) is 0 Å². The van der Waals surface area contributed by atoms with Crippen LogP contribution in [0.1, 0.15) is 11.6 Å². The smallest absolute Gasteiger partial charge is 0.149 e. The lowest BCUT2D eigenvalue weighted by Gasteiger charge is -2.27. The van der Waals surface area contributed by atoms with Crippen molar-refractivity contribution in [1.82, 2.24) is 4.98 Å². The normalized spacial score (nSPS) is 18.1. The van der Waals surface area contributed by atoms with Crippen molar-refractivity contribution in [3.05, 3.63) is 54.2 Å². The van der Waals surface area contributed by atoms with Gasteiger partial charge in [-0.05, 0) is 17.7 Å². The Labute approximate surface area is 94.5 Å². The van der Waals surface area contributed by atoms with Crippen LogP contribution < -0.4 is 10.6 Å². The molecule has 1 aromatic carbocycles. The largest absolute Gasteiger partial charge is 0.380 e. The summed E-state index contributed by atoms with van der Waals surface area (Å²) in [7, 11) is 0. The van der Waals surface area contributed by atoms with Gasteiger partial charge in [-0.2, -0.15) is 0 Å². The minimum absolute atomic E-state index is 0.295. The van der Waals surface area contributed by atoms with Crippen molar-refractivity contribution in [2.45, 2.75) is 6.04 Å². The average Bonchev–Trinajstić information content (AvgIpc) is 2.39. The molecule has 0 radical (unpaired) electrons. The number of aromatic nitrogens is 1. The number of hydrogen-bond acceptors (Lipinski definition) is 3. The van der Waals surface area contributed by atoms with E-state index in [2.05, 4.69) is 39.9 Å². The standard InChI is InChI=1S/C13H13N3/c1-2-5-10(6-3-1)12-9-15-11-7-4-8-14-13(11)16-12/h1-8,12,15H,9H2,(H,14,16). The van der Waals surface area contributed by atoms with Crippen LogP contribution in [0, 0.1) is 0 Å². The van der Waals surface area contributed by atoms with E-state index in [9.17, 15) is 0 Å². The first-order chi connectivity index (χ1) is 7.93. The van der Waals surface area contributed by atoms with E-state index in [1.54, 1.807) is 6.20 Å². The zero-order valence-corrected chi connectivity index (χ0v) is 8.85. The summed E-state index contributed by atoms with van der Waals surface area (Å²) in [5, 5.41) is 6.83.